The summed E-state index contributed by atoms with van der Waals surface area (Å²) in [7, 11) is 0. The van der Waals surface area contributed by atoms with E-state index in [0.717, 1.165) is 22.0 Å². The Labute approximate surface area is 147 Å². The SMILES string of the molecule is Cc1nc(-c2ccc(Oc3ncnc4c3oc3ccccc34)cc2)no1. The molecule has 2 aromatic carbocycles. The molecule has 5 rings (SSSR count). The van der Waals surface area contributed by atoms with Gasteiger partial charge < -0.3 is 13.7 Å². The molecule has 126 valence electrons. The zero-order valence-corrected chi connectivity index (χ0v) is 13.7. The lowest BCUT2D eigenvalue weighted by Crippen LogP contribution is -1.90. The summed E-state index contributed by atoms with van der Waals surface area (Å²) in [4.78, 5) is 12.7. The molecule has 0 radical (unpaired) electrons. The number of aryl methyl sites for hydroxylation is 1. The van der Waals surface area contributed by atoms with Crippen molar-refractivity contribution in [1.82, 2.24) is 20.1 Å². The number of benzene rings is 2. The van der Waals surface area contributed by atoms with Gasteiger partial charge in [-0.25, -0.2) is 4.98 Å². The van der Waals surface area contributed by atoms with Gasteiger partial charge in [-0.15, -0.1) is 0 Å². The summed E-state index contributed by atoms with van der Waals surface area (Å²) in [5.41, 5.74) is 2.83. The molecule has 0 fully saturated rings. The second kappa shape index (κ2) is 5.66. The molecule has 5 aromatic rings. The van der Waals surface area contributed by atoms with Gasteiger partial charge >= 0.3 is 0 Å². The Hall–Kier alpha value is -3.74. The van der Waals surface area contributed by atoms with Crippen LogP contribution in [0.1, 0.15) is 5.89 Å². The first-order valence-electron chi connectivity index (χ1n) is 7.99. The van der Waals surface area contributed by atoms with E-state index in [-0.39, 0.29) is 0 Å². The molecular weight excluding hydrogens is 332 g/mol. The van der Waals surface area contributed by atoms with E-state index < -0.39 is 0 Å². The molecule has 0 atom stereocenters. The fraction of sp³-hybridized carbons (Fsp3) is 0.0526. The van der Waals surface area contributed by atoms with Crippen molar-refractivity contribution in [3.05, 3.63) is 60.7 Å². The van der Waals surface area contributed by atoms with Gasteiger partial charge in [0.1, 0.15) is 23.2 Å². The average Bonchev–Trinajstić information content (AvgIpc) is 3.27. The zero-order chi connectivity index (χ0) is 17.5. The van der Waals surface area contributed by atoms with Gasteiger partial charge in [-0.2, -0.15) is 9.97 Å². The van der Waals surface area contributed by atoms with Crippen LogP contribution in [0.25, 0.3) is 33.5 Å². The first kappa shape index (κ1) is 14.6. The number of aromatic nitrogens is 4. The molecular formula is C19H12N4O3. The number of hydrogen-bond acceptors (Lipinski definition) is 7. The van der Waals surface area contributed by atoms with Crippen LogP contribution in [0, 0.1) is 6.92 Å². The van der Waals surface area contributed by atoms with E-state index in [1.165, 1.54) is 6.33 Å². The highest BCUT2D eigenvalue weighted by Gasteiger charge is 2.14. The van der Waals surface area contributed by atoms with Crippen LogP contribution in [0.15, 0.2) is 63.8 Å². The quantitative estimate of drug-likeness (QED) is 0.475. The molecule has 0 unspecified atom stereocenters. The maximum Gasteiger partial charge on any atom is 0.267 e. The molecule has 3 aromatic heterocycles. The summed E-state index contributed by atoms with van der Waals surface area (Å²) in [6.07, 6.45) is 1.47. The molecule has 3 heterocycles. The molecule has 0 aliphatic rings. The molecule has 7 nitrogen and oxygen atoms in total. The molecule has 0 aliphatic carbocycles. The zero-order valence-electron chi connectivity index (χ0n) is 13.7. The second-order valence-corrected chi connectivity index (χ2v) is 5.72. The highest BCUT2D eigenvalue weighted by Crippen LogP contribution is 2.33. The number of rotatable bonds is 3. The van der Waals surface area contributed by atoms with E-state index in [1.54, 1.807) is 6.92 Å². The van der Waals surface area contributed by atoms with Gasteiger partial charge in [0.2, 0.25) is 17.3 Å². The van der Waals surface area contributed by atoms with Crippen LogP contribution in [-0.4, -0.2) is 20.1 Å². The van der Waals surface area contributed by atoms with Crippen molar-refractivity contribution in [3.63, 3.8) is 0 Å². The van der Waals surface area contributed by atoms with Gasteiger partial charge in [0.15, 0.2) is 0 Å². The van der Waals surface area contributed by atoms with E-state index in [1.807, 2.05) is 48.5 Å². The lowest BCUT2D eigenvalue weighted by Gasteiger charge is -2.04. The van der Waals surface area contributed by atoms with Crippen LogP contribution >= 0.6 is 0 Å². The Bertz CT molecular complexity index is 1220. The summed E-state index contributed by atoms with van der Waals surface area (Å²) in [5, 5.41) is 4.83. The van der Waals surface area contributed by atoms with Gasteiger partial charge in [0.25, 0.3) is 5.88 Å². The van der Waals surface area contributed by atoms with Crippen molar-refractivity contribution in [1.29, 1.82) is 0 Å². The minimum absolute atomic E-state index is 0.370. The van der Waals surface area contributed by atoms with E-state index in [4.69, 9.17) is 13.7 Å². The minimum atomic E-state index is 0.370. The Balaban J connectivity index is 1.51. The highest BCUT2D eigenvalue weighted by molar-refractivity contribution is 6.03. The maximum atomic E-state index is 5.91. The Kier molecular flexibility index (Phi) is 3.18. The standard InChI is InChI=1S/C19H12N4O3/c1-11-22-18(23-26-11)12-6-8-13(9-7-12)24-19-17-16(20-10-21-19)14-4-2-3-5-15(14)25-17/h2-10H,1H3. The third kappa shape index (κ3) is 2.37. The summed E-state index contributed by atoms with van der Waals surface area (Å²) in [6.45, 7) is 1.75. The summed E-state index contributed by atoms with van der Waals surface area (Å²) < 4.78 is 16.8. The van der Waals surface area contributed by atoms with E-state index in [2.05, 4.69) is 20.1 Å². The van der Waals surface area contributed by atoms with Crippen molar-refractivity contribution in [2.75, 3.05) is 0 Å². The highest BCUT2D eigenvalue weighted by atomic mass is 16.5. The molecule has 26 heavy (non-hydrogen) atoms. The number of ether oxygens (including phenoxy) is 1. The monoisotopic (exact) mass is 344 g/mol. The van der Waals surface area contributed by atoms with Gasteiger partial charge in [0, 0.05) is 17.9 Å². The normalized spacial score (nSPS) is 11.3. The lowest BCUT2D eigenvalue weighted by molar-refractivity contribution is 0.394. The maximum absolute atomic E-state index is 5.91. The van der Waals surface area contributed by atoms with Gasteiger partial charge in [-0.3, -0.25) is 0 Å². The molecule has 0 aliphatic heterocycles. The second-order valence-electron chi connectivity index (χ2n) is 5.72. The van der Waals surface area contributed by atoms with Crippen molar-refractivity contribution < 1.29 is 13.7 Å². The Morgan fingerprint density at radius 2 is 1.81 bits per heavy atom. The number of para-hydroxylation sites is 1. The minimum Gasteiger partial charge on any atom is -0.449 e. The number of hydrogen-bond donors (Lipinski definition) is 0. The van der Waals surface area contributed by atoms with Crippen LogP contribution in [0.3, 0.4) is 0 Å². The third-order valence-corrected chi connectivity index (χ3v) is 3.98. The topological polar surface area (TPSA) is 87.1 Å². The number of fused-ring (bicyclic) bond motifs is 3. The van der Waals surface area contributed by atoms with Crippen LogP contribution < -0.4 is 4.74 Å². The number of nitrogens with zero attached hydrogens (tertiary/aromatic N) is 4. The fourth-order valence-electron chi connectivity index (χ4n) is 2.78. The molecule has 0 saturated carbocycles. The van der Waals surface area contributed by atoms with Crippen LogP contribution in [0.4, 0.5) is 0 Å². The fourth-order valence-corrected chi connectivity index (χ4v) is 2.78. The molecule has 0 saturated heterocycles. The van der Waals surface area contributed by atoms with Gasteiger partial charge in [-0.05, 0) is 36.4 Å². The predicted octanol–water partition coefficient (Wildman–Crippen LogP) is 4.53. The lowest BCUT2D eigenvalue weighted by atomic mass is 10.2. The average molecular weight is 344 g/mol. The van der Waals surface area contributed by atoms with E-state index in [9.17, 15) is 0 Å². The number of furan rings is 1. The molecule has 7 heteroatoms. The summed E-state index contributed by atoms with van der Waals surface area (Å²) in [6, 6.07) is 15.1. The van der Waals surface area contributed by atoms with Crippen LogP contribution in [-0.2, 0) is 0 Å². The van der Waals surface area contributed by atoms with Crippen molar-refractivity contribution in [3.8, 4) is 23.0 Å². The van der Waals surface area contributed by atoms with Gasteiger partial charge in [0.05, 0.1) is 0 Å². The van der Waals surface area contributed by atoms with Gasteiger partial charge in [-0.1, -0.05) is 17.3 Å². The largest absolute Gasteiger partial charge is 0.449 e. The van der Waals surface area contributed by atoms with Crippen LogP contribution in [0.5, 0.6) is 11.6 Å². The van der Waals surface area contributed by atoms with Crippen molar-refractivity contribution in [2.24, 2.45) is 0 Å². The molecule has 0 spiro atoms. The first-order valence-corrected chi connectivity index (χ1v) is 7.99. The molecule has 0 bridgehead atoms. The first-order chi connectivity index (χ1) is 12.8. The summed E-state index contributed by atoms with van der Waals surface area (Å²) >= 11 is 0. The van der Waals surface area contributed by atoms with E-state index >= 15 is 0 Å². The molecule has 0 N–H and O–H groups in total. The van der Waals surface area contributed by atoms with Crippen LogP contribution in [0.2, 0.25) is 0 Å². The summed E-state index contributed by atoms with van der Waals surface area (Å²) in [5.74, 6) is 2.05. The Morgan fingerprint density at radius 1 is 0.962 bits per heavy atom. The van der Waals surface area contributed by atoms with E-state index in [0.29, 0.717) is 28.9 Å². The van der Waals surface area contributed by atoms with Crippen molar-refractivity contribution >= 4 is 22.1 Å². The third-order valence-electron chi connectivity index (χ3n) is 3.98. The van der Waals surface area contributed by atoms with Crippen molar-refractivity contribution in [2.45, 2.75) is 6.92 Å². The Morgan fingerprint density at radius 3 is 2.62 bits per heavy atom. The molecule has 0 amide bonds. The smallest absolute Gasteiger partial charge is 0.267 e. The predicted molar refractivity (Wildman–Crippen MR) is 93.9 cm³/mol.